The molecule has 100 valence electrons. The minimum Gasteiger partial charge on any atom is -0.481 e. The highest BCUT2D eigenvalue weighted by molar-refractivity contribution is 5.66. The summed E-state index contributed by atoms with van der Waals surface area (Å²) >= 11 is 0. The third kappa shape index (κ3) is 4.88. The largest absolute Gasteiger partial charge is 0.481 e. The van der Waals surface area contributed by atoms with Crippen LogP contribution in [-0.2, 0) is 11.3 Å². The van der Waals surface area contributed by atoms with Crippen molar-refractivity contribution in [1.82, 2.24) is 4.90 Å². The van der Waals surface area contributed by atoms with Crippen LogP contribution in [0.1, 0.15) is 43.7 Å². The van der Waals surface area contributed by atoms with Crippen LogP contribution in [0.2, 0.25) is 0 Å². The van der Waals surface area contributed by atoms with Crippen LogP contribution in [0.3, 0.4) is 0 Å². The number of rotatable bonds is 7. The number of hydrogen-bond donors (Lipinski definition) is 1. The zero-order valence-electron chi connectivity index (χ0n) is 11.5. The second-order valence-corrected chi connectivity index (χ2v) is 4.93. The van der Waals surface area contributed by atoms with Gasteiger partial charge in [-0.25, -0.2) is 0 Å². The summed E-state index contributed by atoms with van der Waals surface area (Å²) in [5.41, 5.74) is 2.60. The van der Waals surface area contributed by atoms with Gasteiger partial charge < -0.3 is 10.0 Å². The zero-order chi connectivity index (χ0) is 13.5. The summed E-state index contributed by atoms with van der Waals surface area (Å²) in [5.74, 6) is -0.141. The SMILES string of the molecule is CCC(C)c1ccc(CN(C)CCC(=O)O)cc1. The third-order valence-electron chi connectivity index (χ3n) is 3.32. The molecule has 3 heteroatoms. The standard InChI is InChI=1S/C15H23NO2/c1-4-12(2)14-7-5-13(6-8-14)11-16(3)10-9-15(17)18/h5-8,12H,4,9-11H2,1-3H3,(H,17,18). The predicted molar refractivity (Wildman–Crippen MR) is 73.7 cm³/mol. The van der Waals surface area contributed by atoms with Crippen molar-refractivity contribution in [3.05, 3.63) is 35.4 Å². The summed E-state index contributed by atoms with van der Waals surface area (Å²) < 4.78 is 0. The van der Waals surface area contributed by atoms with Crippen LogP contribution in [0, 0.1) is 0 Å². The summed E-state index contributed by atoms with van der Waals surface area (Å²) in [4.78, 5) is 12.5. The Bertz CT molecular complexity index is 373. The van der Waals surface area contributed by atoms with Crippen LogP contribution >= 0.6 is 0 Å². The van der Waals surface area contributed by atoms with Gasteiger partial charge in [-0.2, -0.15) is 0 Å². The Morgan fingerprint density at radius 3 is 2.44 bits per heavy atom. The molecule has 0 aliphatic heterocycles. The molecule has 0 aromatic heterocycles. The van der Waals surface area contributed by atoms with Crippen molar-refractivity contribution < 1.29 is 9.90 Å². The molecular weight excluding hydrogens is 226 g/mol. The Kier molecular flexibility index (Phi) is 5.86. The van der Waals surface area contributed by atoms with E-state index in [0.29, 0.717) is 12.5 Å². The van der Waals surface area contributed by atoms with E-state index in [2.05, 4.69) is 38.1 Å². The van der Waals surface area contributed by atoms with Crippen molar-refractivity contribution in [2.45, 2.75) is 39.2 Å². The summed E-state index contributed by atoms with van der Waals surface area (Å²) in [5, 5.41) is 8.63. The van der Waals surface area contributed by atoms with Gasteiger partial charge in [0.05, 0.1) is 6.42 Å². The first kappa shape index (κ1) is 14.7. The van der Waals surface area contributed by atoms with Crippen LogP contribution in [0.15, 0.2) is 24.3 Å². The van der Waals surface area contributed by atoms with E-state index < -0.39 is 5.97 Å². The van der Waals surface area contributed by atoms with Crippen molar-refractivity contribution >= 4 is 5.97 Å². The van der Waals surface area contributed by atoms with Crippen LogP contribution < -0.4 is 0 Å². The second kappa shape index (κ2) is 7.17. The summed E-state index contributed by atoms with van der Waals surface area (Å²) in [6.07, 6.45) is 1.35. The lowest BCUT2D eigenvalue weighted by molar-refractivity contribution is -0.137. The zero-order valence-corrected chi connectivity index (χ0v) is 11.5. The number of carboxylic acids is 1. The maximum Gasteiger partial charge on any atom is 0.304 e. The van der Waals surface area contributed by atoms with Gasteiger partial charge in [0.25, 0.3) is 0 Å². The average Bonchev–Trinajstić information content (AvgIpc) is 2.36. The molecule has 0 fully saturated rings. The fourth-order valence-corrected chi connectivity index (χ4v) is 1.86. The van der Waals surface area contributed by atoms with Gasteiger partial charge in [0.15, 0.2) is 0 Å². The first-order chi connectivity index (χ1) is 8.52. The third-order valence-corrected chi connectivity index (χ3v) is 3.32. The van der Waals surface area contributed by atoms with Crippen molar-refractivity contribution in [1.29, 1.82) is 0 Å². The van der Waals surface area contributed by atoms with Gasteiger partial charge in [0.1, 0.15) is 0 Å². The van der Waals surface area contributed by atoms with Gasteiger partial charge in [-0.15, -0.1) is 0 Å². The minimum atomic E-state index is -0.742. The molecule has 1 rings (SSSR count). The Morgan fingerprint density at radius 2 is 1.94 bits per heavy atom. The molecule has 3 nitrogen and oxygen atoms in total. The van der Waals surface area contributed by atoms with E-state index in [4.69, 9.17) is 5.11 Å². The molecule has 1 unspecified atom stereocenters. The topological polar surface area (TPSA) is 40.5 Å². The molecule has 1 aromatic rings. The number of nitrogens with zero attached hydrogens (tertiary/aromatic N) is 1. The molecule has 0 saturated heterocycles. The molecule has 18 heavy (non-hydrogen) atoms. The molecule has 0 radical (unpaired) electrons. The number of aliphatic carboxylic acids is 1. The maximum absolute atomic E-state index is 10.5. The van der Waals surface area contributed by atoms with Crippen LogP contribution in [0.25, 0.3) is 0 Å². The highest BCUT2D eigenvalue weighted by atomic mass is 16.4. The second-order valence-electron chi connectivity index (χ2n) is 4.93. The highest BCUT2D eigenvalue weighted by Gasteiger charge is 2.05. The van der Waals surface area contributed by atoms with Crippen molar-refractivity contribution in [2.24, 2.45) is 0 Å². The highest BCUT2D eigenvalue weighted by Crippen LogP contribution is 2.19. The molecule has 0 aliphatic rings. The number of carbonyl (C=O) groups is 1. The van der Waals surface area contributed by atoms with Gasteiger partial charge in [0.2, 0.25) is 0 Å². The van der Waals surface area contributed by atoms with E-state index in [0.717, 1.165) is 13.0 Å². The number of carboxylic acid groups (broad SMARTS) is 1. The van der Waals surface area contributed by atoms with Crippen LogP contribution in [0.5, 0.6) is 0 Å². The van der Waals surface area contributed by atoms with Crippen LogP contribution in [-0.4, -0.2) is 29.6 Å². The molecule has 0 spiro atoms. The summed E-state index contributed by atoms with van der Waals surface area (Å²) in [6.45, 7) is 5.81. The Labute approximate surface area is 109 Å². The normalized spacial score (nSPS) is 12.7. The van der Waals surface area contributed by atoms with Gasteiger partial charge in [-0.3, -0.25) is 4.79 Å². The van der Waals surface area contributed by atoms with Gasteiger partial charge in [0, 0.05) is 13.1 Å². The number of benzene rings is 1. The van der Waals surface area contributed by atoms with E-state index in [1.165, 1.54) is 11.1 Å². The Balaban J connectivity index is 2.50. The molecular formula is C15H23NO2. The van der Waals surface area contributed by atoms with Crippen LogP contribution in [0.4, 0.5) is 0 Å². The van der Waals surface area contributed by atoms with Gasteiger partial charge >= 0.3 is 5.97 Å². The molecule has 0 heterocycles. The Morgan fingerprint density at radius 1 is 1.33 bits per heavy atom. The lowest BCUT2D eigenvalue weighted by atomic mass is 9.97. The van der Waals surface area contributed by atoms with E-state index in [1.54, 1.807) is 0 Å². The van der Waals surface area contributed by atoms with E-state index in [1.807, 2.05) is 11.9 Å². The van der Waals surface area contributed by atoms with Crippen molar-refractivity contribution in [3.63, 3.8) is 0 Å². The molecule has 0 saturated carbocycles. The molecule has 0 amide bonds. The first-order valence-electron chi connectivity index (χ1n) is 6.52. The quantitative estimate of drug-likeness (QED) is 0.807. The fourth-order valence-electron chi connectivity index (χ4n) is 1.86. The molecule has 1 aromatic carbocycles. The molecule has 1 atom stereocenters. The molecule has 1 N–H and O–H groups in total. The summed E-state index contributed by atoms with van der Waals surface area (Å²) in [6, 6.07) is 8.63. The van der Waals surface area contributed by atoms with Gasteiger partial charge in [-0.1, -0.05) is 38.1 Å². The fraction of sp³-hybridized carbons (Fsp3) is 0.533. The van der Waals surface area contributed by atoms with Crippen molar-refractivity contribution in [3.8, 4) is 0 Å². The smallest absolute Gasteiger partial charge is 0.304 e. The molecule has 0 aliphatic carbocycles. The molecule has 0 bridgehead atoms. The minimum absolute atomic E-state index is 0.196. The Hall–Kier alpha value is -1.35. The van der Waals surface area contributed by atoms with E-state index in [9.17, 15) is 4.79 Å². The predicted octanol–water partition coefficient (Wildman–Crippen LogP) is 3.11. The van der Waals surface area contributed by atoms with E-state index >= 15 is 0 Å². The van der Waals surface area contributed by atoms with Crippen molar-refractivity contribution in [2.75, 3.05) is 13.6 Å². The lowest BCUT2D eigenvalue weighted by Crippen LogP contribution is -2.21. The lowest BCUT2D eigenvalue weighted by Gasteiger charge is -2.16. The van der Waals surface area contributed by atoms with E-state index in [-0.39, 0.29) is 6.42 Å². The first-order valence-corrected chi connectivity index (χ1v) is 6.52. The summed E-state index contributed by atoms with van der Waals surface area (Å²) in [7, 11) is 1.95. The average molecular weight is 249 g/mol. The van der Waals surface area contributed by atoms with Gasteiger partial charge in [-0.05, 0) is 30.5 Å². The monoisotopic (exact) mass is 249 g/mol. The maximum atomic E-state index is 10.5. The number of hydrogen-bond acceptors (Lipinski definition) is 2.